The minimum Gasteiger partial charge on any atom is -0.491 e. The highest BCUT2D eigenvalue weighted by Gasteiger charge is 2.00. The molecule has 0 fully saturated rings. The standard InChI is InChI=1S/C15H15BrFNO/c1-11-5-6-15(14(16)9-11)19-8-7-18-13-4-2-3-12(17)10-13/h2-6,9-10,18H,7-8H2,1H3. The van der Waals surface area contributed by atoms with E-state index in [4.69, 9.17) is 4.74 Å². The highest BCUT2D eigenvalue weighted by Crippen LogP contribution is 2.25. The van der Waals surface area contributed by atoms with Crippen LogP contribution in [-0.2, 0) is 0 Å². The Hall–Kier alpha value is -1.55. The molecule has 0 aromatic heterocycles. The van der Waals surface area contributed by atoms with Crippen molar-refractivity contribution >= 4 is 21.6 Å². The normalized spacial score (nSPS) is 10.3. The third-order valence-electron chi connectivity index (χ3n) is 2.60. The number of anilines is 1. The molecule has 0 saturated heterocycles. The van der Waals surface area contributed by atoms with Crippen LogP contribution >= 0.6 is 15.9 Å². The highest BCUT2D eigenvalue weighted by molar-refractivity contribution is 9.10. The molecule has 0 atom stereocenters. The number of nitrogens with one attached hydrogen (secondary N) is 1. The first kappa shape index (κ1) is 13.9. The average molecular weight is 324 g/mol. The van der Waals surface area contributed by atoms with Crippen molar-refractivity contribution in [1.29, 1.82) is 0 Å². The molecule has 2 rings (SSSR count). The fourth-order valence-corrected chi connectivity index (χ4v) is 2.29. The molecule has 0 saturated carbocycles. The highest BCUT2D eigenvalue weighted by atomic mass is 79.9. The fourth-order valence-electron chi connectivity index (χ4n) is 1.68. The minimum absolute atomic E-state index is 0.243. The molecule has 0 aliphatic heterocycles. The van der Waals surface area contributed by atoms with Crippen molar-refractivity contribution in [2.75, 3.05) is 18.5 Å². The smallest absolute Gasteiger partial charge is 0.133 e. The maximum Gasteiger partial charge on any atom is 0.133 e. The summed E-state index contributed by atoms with van der Waals surface area (Å²) < 4.78 is 19.5. The summed E-state index contributed by atoms with van der Waals surface area (Å²) in [6, 6.07) is 12.3. The molecule has 0 amide bonds. The van der Waals surface area contributed by atoms with Crippen LogP contribution in [0.15, 0.2) is 46.9 Å². The van der Waals surface area contributed by atoms with Crippen LogP contribution in [0.4, 0.5) is 10.1 Å². The third kappa shape index (κ3) is 4.24. The molecular weight excluding hydrogens is 309 g/mol. The van der Waals surface area contributed by atoms with Crippen molar-refractivity contribution in [3.63, 3.8) is 0 Å². The summed E-state index contributed by atoms with van der Waals surface area (Å²) in [6.45, 7) is 3.15. The van der Waals surface area contributed by atoms with E-state index in [1.807, 2.05) is 31.2 Å². The van der Waals surface area contributed by atoms with E-state index in [0.29, 0.717) is 13.2 Å². The van der Waals surface area contributed by atoms with Crippen molar-refractivity contribution in [3.8, 4) is 5.75 Å². The van der Waals surface area contributed by atoms with Gasteiger partial charge in [-0.2, -0.15) is 0 Å². The average Bonchev–Trinajstić information content (AvgIpc) is 2.37. The van der Waals surface area contributed by atoms with Crippen molar-refractivity contribution in [1.82, 2.24) is 0 Å². The Morgan fingerprint density at radius 2 is 2.05 bits per heavy atom. The summed E-state index contributed by atoms with van der Waals surface area (Å²) >= 11 is 3.46. The van der Waals surface area contributed by atoms with E-state index in [9.17, 15) is 4.39 Å². The Morgan fingerprint density at radius 1 is 1.21 bits per heavy atom. The molecule has 0 bridgehead atoms. The van der Waals surface area contributed by atoms with E-state index in [1.165, 1.54) is 17.7 Å². The number of hydrogen-bond donors (Lipinski definition) is 1. The molecule has 19 heavy (non-hydrogen) atoms. The van der Waals surface area contributed by atoms with Crippen LogP contribution < -0.4 is 10.1 Å². The molecule has 0 unspecified atom stereocenters. The first-order valence-electron chi connectivity index (χ1n) is 6.03. The second-order valence-electron chi connectivity index (χ2n) is 4.22. The van der Waals surface area contributed by atoms with Crippen molar-refractivity contribution in [3.05, 3.63) is 58.3 Å². The van der Waals surface area contributed by atoms with E-state index in [0.717, 1.165) is 15.9 Å². The summed E-state index contributed by atoms with van der Waals surface area (Å²) in [6.07, 6.45) is 0. The molecule has 2 aromatic rings. The summed E-state index contributed by atoms with van der Waals surface area (Å²) in [5, 5.41) is 3.11. The summed E-state index contributed by atoms with van der Waals surface area (Å²) in [4.78, 5) is 0. The van der Waals surface area contributed by atoms with E-state index in [-0.39, 0.29) is 5.82 Å². The van der Waals surface area contributed by atoms with Crippen molar-refractivity contribution in [2.45, 2.75) is 6.92 Å². The van der Waals surface area contributed by atoms with Gasteiger partial charge in [0, 0.05) is 12.2 Å². The molecule has 4 heteroatoms. The lowest BCUT2D eigenvalue weighted by atomic mass is 10.2. The summed E-state index contributed by atoms with van der Waals surface area (Å²) in [5.41, 5.74) is 1.93. The van der Waals surface area contributed by atoms with Crippen LogP contribution in [0.25, 0.3) is 0 Å². The van der Waals surface area contributed by atoms with Crippen LogP contribution in [0.5, 0.6) is 5.75 Å². The SMILES string of the molecule is Cc1ccc(OCCNc2cccc(F)c2)c(Br)c1. The van der Waals surface area contributed by atoms with Crippen LogP contribution in [0.3, 0.4) is 0 Å². The van der Waals surface area contributed by atoms with E-state index in [1.54, 1.807) is 6.07 Å². The summed E-state index contributed by atoms with van der Waals surface area (Å²) in [7, 11) is 0. The van der Waals surface area contributed by atoms with E-state index >= 15 is 0 Å². The van der Waals surface area contributed by atoms with Crippen LogP contribution in [0.2, 0.25) is 0 Å². The second kappa shape index (κ2) is 6.57. The predicted molar refractivity (Wildman–Crippen MR) is 79.3 cm³/mol. The molecule has 100 valence electrons. The molecule has 1 N–H and O–H groups in total. The molecule has 0 aliphatic carbocycles. The Bertz CT molecular complexity index is 560. The first-order chi connectivity index (χ1) is 9.15. The maximum atomic E-state index is 13.0. The number of rotatable bonds is 5. The monoisotopic (exact) mass is 323 g/mol. The van der Waals surface area contributed by atoms with Gasteiger partial charge in [0.05, 0.1) is 4.47 Å². The summed E-state index contributed by atoms with van der Waals surface area (Å²) in [5.74, 6) is 0.568. The van der Waals surface area contributed by atoms with Gasteiger partial charge < -0.3 is 10.1 Å². The molecule has 0 heterocycles. The Kier molecular flexibility index (Phi) is 4.80. The maximum absolute atomic E-state index is 13.0. The van der Waals surface area contributed by atoms with Gasteiger partial charge in [0.1, 0.15) is 18.2 Å². The van der Waals surface area contributed by atoms with E-state index in [2.05, 4.69) is 21.2 Å². The number of aryl methyl sites for hydroxylation is 1. The Morgan fingerprint density at radius 3 is 2.79 bits per heavy atom. The lowest BCUT2D eigenvalue weighted by Crippen LogP contribution is -2.11. The Balaban J connectivity index is 1.81. The van der Waals surface area contributed by atoms with Crippen molar-refractivity contribution in [2.24, 2.45) is 0 Å². The zero-order chi connectivity index (χ0) is 13.7. The van der Waals surface area contributed by atoms with Gasteiger partial charge >= 0.3 is 0 Å². The largest absolute Gasteiger partial charge is 0.491 e. The first-order valence-corrected chi connectivity index (χ1v) is 6.83. The van der Waals surface area contributed by atoms with Gasteiger partial charge in [-0.15, -0.1) is 0 Å². The zero-order valence-electron chi connectivity index (χ0n) is 10.6. The predicted octanol–water partition coefficient (Wildman–Crippen LogP) is 4.39. The van der Waals surface area contributed by atoms with Crippen LogP contribution in [-0.4, -0.2) is 13.2 Å². The third-order valence-corrected chi connectivity index (χ3v) is 3.22. The Labute approximate surface area is 120 Å². The van der Waals surface area contributed by atoms with Gasteiger partial charge in [0.15, 0.2) is 0 Å². The quantitative estimate of drug-likeness (QED) is 0.824. The molecule has 2 nitrogen and oxygen atoms in total. The lowest BCUT2D eigenvalue weighted by Gasteiger charge is -2.10. The van der Waals surface area contributed by atoms with Gasteiger partial charge in [0.25, 0.3) is 0 Å². The molecule has 0 spiro atoms. The fraction of sp³-hybridized carbons (Fsp3) is 0.200. The van der Waals surface area contributed by atoms with Crippen LogP contribution in [0.1, 0.15) is 5.56 Å². The topological polar surface area (TPSA) is 21.3 Å². The number of halogens is 2. The molecule has 0 radical (unpaired) electrons. The van der Waals surface area contributed by atoms with Crippen LogP contribution in [0, 0.1) is 12.7 Å². The van der Waals surface area contributed by atoms with Gasteiger partial charge in [-0.05, 0) is 58.7 Å². The molecule has 0 aliphatic rings. The lowest BCUT2D eigenvalue weighted by molar-refractivity contribution is 0.331. The van der Waals surface area contributed by atoms with E-state index < -0.39 is 0 Å². The van der Waals surface area contributed by atoms with Gasteiger partial charge in [-0.3, -0.25) is 0 Å². The van der Waals surface area contributed by atoms with Crippen molar-refractivity contribution < 1.29 is 9.13 Å². The molecule has 2 aromatic carbocycles. The number of benzene rings is 2. The number of ether oxygens (including phenoxy) is 1. The molecular formula is C15H15BrFNO. The zero-order valence-corrected chi connectivity index (χ0v) is 12.2. The van der Waals surface area contributed by atoms with Gasteiger partial charge in [0.2, 0.25) is 0 Å². The van der Waals surface area contributed by atoms with Gasteiger partial charge in [-0.1, -0.05) is 12.1 Å². The second-order valence-corrected chi connectivity index (χ2v) is 5.07. The number of hydrogen-bond acceptors (Lipinski definition) is 2. The van der Waals surface area contributed by atoms with Gasteiger partial charge in [-0.25, -0.2) is 4.39 Å². The minimum atomic E-state index is -0.243.